The van der Waals surface area contributed by atoms with Crippen molar-refractivity contribution in [1.82, 2.24) is 0 Å². The molecule has 1 aliphatic heterocycles. The van der Waals surface area contributed by atoms with Crippen LogP contribution in [0.1, 0.15) is 21.5 Å². The zero-order valence-electron chi connectivity index (χ0n) is 9.21. The molecule has 1 atom stereocenters. The molecule has 0 spiro atoms. The minimum atomic E-state index is -0.566. The van der Waals surface area contributed by atoms with Crippen LogP contribution in [0.3, 0.4) is 0 Å². The summed E-state index contributed by atoms with van der Waals surface area (Å²) in [6, 6.07) is 2.99. The lowest BCUT2D eigenvalue weighted by atomic mass is 10.3. The third-order valence-electron chi connectivity index (χ3n) is 2.42. The van der Waals surface area contributed by atoms with Crippen LogP contribution in [0, 0.1) is 0 Å². The summed E-state index contributed by atoms with van der Waals surface area (Å²) in [5, 5.41) is 3.94. The summed E-state index contributed by atoms with van der Waals surface area (Å²) in [4.78, 5) is 24.1. The first-order valence-electron chi connectivity index (χ1n) is 4.96. The summed E-state index contributed by atoms with van der Waals surface area (Å²) in [7, 11) is 0. The number of quaternary nitrogens is 1. The number of nitrogens with zero attached hydrogens (tertiary/aromatic N) is 2. The molecule has 1 radical (unpaired) electrons. The number of thiophene rings is 1. The molecule has 0 aliphatic carbocycles. The second kappa shape index (κ2) is 4.23. The van der Waals surface area contributed by atoms with Gasteiger partial charge in [-0.25, -0.2) is 4.79 Å². The minimum absolute atomic E-state index is 0.0129. The van der Waals surface area contributed by atoms with Crippen LogP contribution in [0.4, 0.5) is 4.79 Å². The maximum atomic E-state index is 11.4. The summed E-state index contributed by atoms with van der Waals surface area (Å²) in [5.74, 6) is 0.0129. The minimum Gasteiger partial charge on any atom is -0.316 e. The van der Waals surface area contributed by atoms with Gasteiger partial charge in [0.05, 0.1) is 9.75 Å². The van der Waals surface area contributed by atoms with E-state index in [1.807, 2.05) is 6.07 Å². The number of urea groups is 1. The fourth-order valence-corrected chi connectivity index (χ4v) is 2.46. The third kappa shape index (κ3) is 2.17. The van der Waals surface area contributed by atoms with Gasteiger partial charge in [0.25, 0.3) is 0 Å². The number of carbonyl (C=O) groups excluding carboxylic acids is 2. The maximum absolute atomic E-state index is 11.4. The zero-order valence-corrected chi connectivity index (χ0v) is 10.0. The van der Waals surface area contributed by atoms with Gasteiger partial charge in [-0.1, -0.05) is 9.69 Å². The molecular formula is C11H11N3O2S+. The number of carbonyl (C=O) groups is 2. The van der Waals surface area contributed by atoms with E-state index in [1.54, 1.807) is 18.3 Å². The van der Waals surface area contributed by atoms with E-state index in [9.17, 15) is 9.59 Å². The summed E-state index contributed by atoms with van der Waals surface area (Å²) in [6.45, 7) is 1.83. The Balaban J connectivity index is 2.24. The van der Waals surface area contributed by atoms with Gasteiger partial charge in [0, 0.05) is 6.08 Å². The molecule has 1 aromatic heterocycles. The number of nitrogens with two attached hydrogens (primary N) is 1. The highest BCUT2D eigenvalue weighted by molar-refractivity contribution is 7.14. The van der Waals surface area contributed by atoms with E-state index in [4.69, 9.17) is 5.73 Å². The van der Waals surface area contributed by atoms with Crippen molar-refractivity contribution in [2.24, 2.45) is 10.8 Å². The van der Waals surface area contributed by atoms with Gasteiger partial charge in [-0.15, -0.1) is 11.3 Å². The van der Waals surface area contributed by atoms with E-state index in [2.05, 4.69) is 11.3 Å². The van der Waals surface area contributed by atoms with Gasteiger partial charge in [0.2, 0.25) is 0 Å². The van der Waals surface area contributed by atoms with Crippen LogP contribution in [0.2, 0.25) is 0 Å². The van der Waals surface area contributed by atoms with Gasteiger partial charge in [-0.3, -0.25) is 4.79 Å². The molecule has 87 valence electrons. The first-order chi connectivity index (χ1) is 8.03. The van der Waals surface area contributed by atoms with Gasteiger partial charge in [0.1, 0.15) is 6.20 Å². The molecule has 0 fully saturated rings. The largest absolute Gasteiger partial charge is 0.445 e. The first kappa shape index (κ1) is 11.7. The Kier molecular flexibility index (Phi) is 2.91. The normalized spacial score (nSPS) is 21.9. The van der Waals surface area contributed by atoms with Crippen molar-refractivity contribution < 1.29 is 14.2 Å². The predicted molar refractivity (Wildman–Crippen MR) is 64.4 cm³/mol. The number of primary amides is 1. The molecular weight excluding hydrogens is 238 g/mol. The Morgan fingerprint density at radius 1 is 1.53 bits per heavy atom. The van der Waals surface area contributed by atoms with E-state index in [0.717, 1.165) is 4.88 Å². The summed E-state index contributed by atoms with van der Waals surface area (Å²) in [6.07, 6.45) is 5.74. The standard InChI is InChI=1S/C11H10N3O2S/c1-8(15)10-4-3-9(17-10)7-14(11(12)16)6-2-5-13-14/h2-4,6H,7H2,1H3,(H-,12,16)/p+1. The Labute approximate surface area is 102 Å². The van der Waals surface area contributed by atoms with Crippen LogP contribution in [-0.2, 0) is 6.54 Å². The van der Waals surface area contributed by atoms with Crippen molar-refractivity contribution >= 4 is 29.4 Å². The van der Waals surface area contributed by atoms with Gasteiger partial charge < -0.3 is 5.73 Å². The van der Waals surface area contributed by atoms with Gasteiger partial charge in [-0.2, -0.15) is 0 Å². The Morgan fingerprint density at radius 2 is 2.29 bits per heavy atom. The van der Waals surface area contributed by atoms with Crippen molar-refractivity contribution in [2.45, 2.75) is 13.5 Å². The van der Waals surface area contributed by atoms with Crippen molar-refractivity contribution in [2.75, 3.05) is 0 Å². The SMILES string of the molecule is CC(=O)c1ccc(C[N+]2(C(N)=O)C=C[C]=N2)s1. The number of allylic oxidation sites excluding steroid dienone is 1. The molecule has 2 amide bonds. The van der Waals surface area contributed by atoms with Gasteiger partial charge in [0.15, 0.2) is 18.5 Å². The Morgan fingerprint density at radius 3 is 2.76 bits per heavy atom. The van der Waals surface area contributed by atoms with E-state index in [0.29, 0.717) is 11.4 Å². The van der Waals surface area contributed by atoms with Crippen LogP contribution < -0.4 is 5.73 Å². The van der Waals surface area contributed by atoms with E-state index >= 15 is 0 Å². The highest BCUT2D eigenvalue weighted by Gasteiger charge is 2.36. The number of Topliss-reactive ketones (excluding diaryl/α,β-unsaturated/α-hetero) is 1. The summed E-state index contributed by atoms with van der Waals surface area (Å²) >= 11 is 1.35. The van der Waals surface area contributed by atoms with E-state index in [1.165, 1.54) is 18.3 Å². The van der Waals surface area contributed by atoms with Crippen LogP contribution in [0.15, 0.2) is 29.5 Å². The monoisotopic (exact) mass is 249 g/mol. The average molecular weight is 249 g/mol. The van der Waals surface area contributed by atoms with E-state index in [-0.39, 0.29) is 10.4 Å². The van der Waals surface area contributed by atoms with Crippen LogP contribution >= 0.6 is 11.3 Å². The third-order valence-corrected chi connectivity index (χ3v) is 3.59. The molecule has 0 bridgehead atoms. The molecule has 2 N–H and O–H groups in total. The average Bonchev–Trinajstić information content (AvgIpc) is 2.88. The molecule has 0 aromatic carbocycles. The fourth-order valence-electron chi connectivity index (χ4n) is 1.50. The topological polar surface area (TPSA) is 72.5 Å². The van der Waals surface area contributed by atoms with Crippen molar-refractivity contribution in [1.29, 1.82) is 0 Å². The molecule has 5 nitrogen and oxygen atoms in total. The number of amides is 2. The lowest BCUT2D eigenvalue weighted by Crippen LogP contribution is -2.44. The second-order valence-corrected chi connectivity index (χ2v) is 4.86. The second-order valence-electron chi connectivity index (χ2n) is 3.69. The van der Waals surface area contributed by atoms with E-state index < -0.39 is 6.03 Å². The number of hydrogen-bond donors (Lipinski definition) is 1. The number of rotatable bonds is 3. The van der Waals surface area contributed by atoms with Gasteiger partial charge >= 0.3 is 6.03 Å². The fraction of sp³-hybridized carbons (Fsp3) is 0.182. The lowest BCUT2D eigenvalue weighted by molar-refractivity contribution is -0.814. The molecule has 1 unspecified atom stereocenters. The van der Waals surface area contributed by atoms with Gasteiger partial charge in [-0.05, 0) is 19.1 Å². The molecule has 1 aliphatic rings. The Bertz CT molecular complexity index is 519. The van der Waals surface area contributed by atoms with Crippen LogP contribution in [0.5, 0.6) is 0 Å². The summed E-state index contributed by atoms with van der Waals surface area (Å²) < 4.78 is -0.322. The van der Waals surface area contributed by atoms with Crippen LogP contribution in [0.25, 0.3) is 0 Å². The Hall–Kier alpha value is -1.79. The predicted octanol–water partition coefficient (Wildman–Crippen LogP) is 1.74. The molecule has 17 heavy (non-hydrogen) atoms. The highest BCUT2D eigenvalue weighted by Crippen LogP contribution is 2.25. The molecule has 0 saturated heterocycles. The lowest BCUT2D eigenvalue weighted by Gasteiger charge is -2.19. The number of hydrogen-bond acceptors (Lipinski definition) is 4. The highest BCUT2D eigenvalue weighted by atomic mass is 32.1. The maximum Gasteiger partial charge on any atom is 0.445 e. The molecule has 1 aromatic rings. The molecule has 2 heterocycles. The van der Waals surface area contributed by atoms with Crippen molar-refractivity contribution in [3.8, 4) is 0 Å². The van der Waals surface area contributed by atoms with Crippen LogP contribution in [-0.4, -0.2) is 22.6 Å². The smallest absolute Gasteiger partial charge is 0.316 e. The summed E-state index contributed by atoms with van der Waals surface area (Å²) in [5.41, 5.74) is 5.33. The van der Waals surface area contributed by atoms with Crippen molar-refractivity contribution in [3.05, 3.63) is 34.2 Å². The molecule has 2 rings (SSSR count). The number of ketones is 1. The molecule has 0 saturated carbocycles. The zero-order chi connectivity index (χ0) is 12.5. The quantitative estimate of drug-likeness (QED) is 0.654. The molecule has 6 heteroatoms. The van der Waals surface area contributed by atoms with Crippen molar-refractivity contribution in [3.63, 3.8) is 0 Å². The first-order valence-corrected chi connectivity index (χ1v) is 5.78.